The van der Waals surface area contributed by atoms with Gasteiger partial charge < -0.3 is 20.7 Å². The highest BCUT2D eigenvalue weighted by Crippen LogP contribution is 2.17. The molecule has 1 aromatic rings. The third kappa shape index (κ3) is 3.56. The Bertz CT molecular complexity index is 436. The van der Waals surface area contributed by atoms with Crippen LogP contribution in [0.4, 0.5) is 0 Å². The molecule has 1 fully saturated rings. The number of rotatable bonds is 5. The van der Waals surface area contributed by atoms with Crippen molar-refractivity contribution in [3.63, 3.8) is 0 Å². The van der Waals surface area contributed by atoms with Crippen molar-refractivity contribution < 1.29 is 9.53 Å². The molecule has 5 nitrogen and oxygen atoms in total. The van der Waals surface area contributed by atoms with Gasteiger partial charge in [0.25, 0.3) is 0 Å². The molecule has 1 aliphatic rings. The molecule has 0 radical (unpaired) electrons. The summed E-state index contributed by atoms with van der Waals surface area (Å²) >= 11 is 0. The molecule has 3 N–H and O–H groups in total. The number of nitrogens with one attached hydrogen (secondary N) is 1. The minimum atomic E-state index is -0.228. The number of amides is 1. The molecule has 1 aliphatic heterocycles. The Balaban J connectivity index is 1.94. The Kier molecular flexibility index (Phi) is 5.11. The third-order valence-electron chi connectivity index (χ3n) is 3.74. The van der Waals surface area contributed by atoms with E-state index in [-0.39, 0.29) is 23.9 Å². The number of nitrogens with zero attached hydrogens (tertiary/aromatic N) is 1. The number of hydrogen-bond acceptors (Lipinski definition) is 4. The van der Waals surface area contributed by atoms with Crippen LogP contribution in [0.1, 0.15) is 11.6 Å². The standard InChI is InChI=1S/C15H23N3O2/c1-18(2)14(11-6-4-3-5-7-11)8-17-15(19)12-9-20-10-13(12)16/h3-7,12-14H,8-10,16H2,1-2H3,(H,17,19). The van der Waals surface area contributed by atoms with Crippen LogP contribution in [0.5, 0.6) is 0 Å². The smallest absolute Gasteiger partial charge is 0.227 e. The Labute approximate surface area is 120 Å². The van der Waals surface area contributed by atoms with Crippen LogP contribution in [0, 0.1) is 5.92 Å². The van der Waals surface area contributed by atoms with Gasteiger partial charge in [-0.25, -0.2) is 0 Å². The van der Waals surface area contributed by atoms with E-state index in [0.29, 0.717) is 19.8 Å². The lowest BCUT2D eigenvalue weighted by molar-refractivity contribution is -0.125. The molecule has 110 valence electrons. The molecular weight excluding hydrogens is 254 g/mol. The lowest BCUT2D eigenvalue weighted by atomic mass is 10.0. The van der Waals surface area contributed by atoms with E-state index in [1.807, 2.05) is 32.3 Å². The van der Waals surface area contributed by atoms with E-state index in [9.17, 15) is 4.79 Å². The minimum Gasteiger partial charge on any atom is -0.379 e. The fourth-order valence-electron chi connectivity index (χ4n) is 2.44. The fraction of sp³-hybridized carbons (Fsp3) is 0.533. The highest BCUT2D eigenvalue weighted by Gasteiger charge is 2.31. The third-order valence-corrected chi connectivity index (χ3v) is 3.74. The molecule has 1 amide bonds. The molecule has 0 spiro atoms. The van der Waals surface area contributed by atoms with Gasteiger partial charge >= 0.3 is 0 Å². The summed E-state index contributed by atoms with van der Waals surface area (Å²) in [4.78, 5) is 14.2. The van der Waals surface area contributed by atoms with Gasteiger partial charge in [0.05, 0.1) is 25.2 Å². The normalized spacial score (nSPS) is 23.8. The Morgan fingerprint density at radius 3 is 2.65 bits per heavy atom. The second-order valence-corrected chi connectivity index (χ2v) is 5.44. The average molecular weight is 277 g/mol. The molecular formula is C15H23N3O2. The largest absolute Gasteiger partial charge is 0.379 e. The predicted octanol–water partition coefficient (Wildman–Crippen LogP) is 0.379. The number of ether oxygens (including phenoxy) is 1. The Morgan fingerprint density at radius 1 is 1.40 bits per heavy atom. The molecule has 5 heteroatoms. The summed E-state index contributed by atoms with van der Waals surface area (Å²) in [6, 6.07) is 10.1. The molecule has 2 rings (SSSR count). The summed E-state index contributed by atoms with van der Waals surface area (Å²) in [5.41, 5.74) is 7.05. The summed E-state index contributed by atoms with van der Waals surface area (Å²) in [6.07, 6.45) is 0. The number of benzene rings is 1. The van der Waals surface area contributed by atoms with Crippen molar-refractivity contribution in [1.29, 1.82) is 0 Å². The second-order valence-electron chi connectivity index (χ2n) is 5.44. The van der Waals surface area contributed by atoms with Gasteiger partial charge in [0.2, 0.25) is 5.91 Å². The highest BCUT2D eigenvalue weighted by atomic mass is 16.5. The van der Waals surface area contributed by atoms with Gasteiger partial charge in [-0.2, -0.15) is 0 Å². The SMILES string of the molecule is CN(C)C(CNC(=O)C1COCC1N)c1ccccc1. The van der Waals surface area contributed by atoms with Crippen molar-refractivity contribution in [3.8, 4) is 0 Å². The maximum Gasteiger partial charge on any atom is 0.227 e. The fourth-order valence-corrected chi connectivity index (χ4v) is 2.44. The van der Waals surface area contributed by atoms with Crippen LogP contribution < -0.4 is 11.1 Å². The van der Waals surface area contributed by atoms with Gasteiger partial charge in [0.15, 0.2) is 0 Å². The molecule has 0 bridgehead atoms. The quantitative estimate of drug-likeness (QED) is 0.816. The maximum absolute atomic E-state index is 12.1. The van der Waals surface area contributed by atoms with E-state index in [2.05, 4.69) is 22.3 Å². The average Bonchev–Trinajstić information content (AvgIpc) is 2.86. The highest BCUT2D eigenvalue weighted by molar-refractivity contribution is 5.79. The molecule has 0 saturated carbocycles. The first kappa shape index (κ1) is 15.0. The first-order chi connectivity index (χ1) is 9.59. The van der Waals surface area contributed by atoms with Gasteiger partial charge in [0, 0.05) is 12.6 Å². The summed E-state index contributed by atoms with van der Waals surface area (Å²) in [5, 5.41) is 2.99. The number of carbonyl (C=O) groups excluding carboxylic acids is 1. The molecule has 3 atom stereocenters. The zero-order valence-corrected chi connectivity index (χ0v) is 12.1. The molecule has 1 saturated heterocycles. The molecule has 0 aromatic heterocycles. The molecule has 3 unspecified atom stereocenters. The van der Waals surface area contributed by atoms with Crippen LogP contribution in [0.15, 0.2) is 30.3 Å². The van der Waals surface area contributed by atoms with Crippen molar-refractivity contribution in [2.45, 2.75) is 12.1 Å². The molecule has 1 aromatic carbocycles. The number of likely N-dealkylation sites (N-methyl/N-ethyl adjacent to an activating group) is 1. The lowest BCUT2D eigenvalue weighted by Crippen LogP contribution is -2.43. The van der Waals surface area contributed by atoms with Crippen LogP contribution in [0.3, 0.4) is 0 Å². The maximum atomic E-state index is 12.1. The summed E-state index contributed by atoms with van der Waals surface area (Å²) < 4.78 is 5.23. The Morgan fingerprint density at radius 2 is 2.10 bits per heavy atom. The molecule has 1 heterocycles. The van der Waals surface area contributed by atoms with E-state index in [4.69, 9.17) is 10.5 Å². The van der Waals surface area contributed by atoms with E-state index in [0.717, 1.165) is 0 Å². The first-order valence-corrected chi connectivity index (χ1v) is 6.92. The zero-order chi connectivity index (χ0) is 14.5. The number of nitrogens with two attached hydrogens (primary N) is 1. The van der Waals surface area contributed by atoms with Crippen LogP contribution in [0.2, 0.25) is 0 Å². The number of carbonyl (C=O) groups is 1. The monoisotopic (exact) mass is 277 g/mol. The van der Waals surface area contributed by atoms with Crippen molar-refractivity contribution in [2.75, 3.05) is 33.9 Å². The van der Waals surface area contributed by atoms with Crippen LogP contribution in [-0.2, 0) is 9.53 Å². The van der Waals surface area contributed by atoms with Crippen molar-refractivity contribution >= 4 is 5.91 Å². The van der Waals surface area contributed by atoms with E-state index < -0.39 is 0 Å². The zero-order valence-electron chi connectivity index (χ0n) is 12.1. The van der Waals surface area contributed by atoms with Gasteiger partial charge in [-0.1, -0.05) is 30.3 Å². The summed E-state index contributed by atoms with van der Waals surface area (Å²) in [6.45, 7) is 1.46. The second kappa shape index (κ2) is 6.83. The van der Waals surface area contributed by atoms with E-state index in [1.165, 1.54) is 5.56 Å². The van der Waals surface area contributed by atoms with Gasteiger partial charge in [-0.05, 0) is 19.7 Å². The summed E-state index contributed by atoms with van der Waals surface area (Å²) in [5.74, 6) is -0.244. The van der Waals surface area contributed by atoms with Crippen molar-refractivity contribution in [3.05, 3.63) is 35.9 Å². The topological polar surface area (TPSA) is 67.6 Å². The lowest BCUT2D eigenvalue weighted by Gasteiger charge is -2.26. The Hall–Kier alpha value is -1.43. The predicted molar refractivity (Wildman–Crippen MR) is 78.2 cm³/mol. The van der Waals surface area contributed by atoms with Gasteiger partial charge in [-0.3, -0.25) is 4.79 Å². The van der Waals surface area contributed by atoms with Gasteiger partial charge in [0.1, 0.15) is 0 Å². The van der Waals surface area contributed by atoms with Crippen LogP contribution in [-0.4, -0.2) is 50.7 Å². The van der Waals surface area contributed by atoms with Crippen LogP contribution >= 0.6 is 0 Å². The van der Waals surface area contributed by atoms with Crippen molar-refractivity contribution in [1.82, 2.24) is 10.2 Å². The minimum absolute atomic E-state index is 0.0159. The number of hydrogen-bond donors (Lipinski definition) is 2. The van der Waals surface area contributed by atoms with Gasteiger partial charge in [-0.15, -0.1) is 0 Å². The van der Waals surface area contributed by atoms with E-state index >= 15 is 0 Å². The van der Waals surface area contributed by atoms with E-state index in [1.54, 1.807) is 0 Å². The van der Waals surface area contributed by atoms with Crippen molar-refractivity contribution in [2.24, 2.45) is 11.7 Å². The molecule has 0 aliphatic carbocycles. The van der Waals surface area contributed by atoms with Crippen LogP contribution in [0.25, 0.3) is 0 Å². The first-order valence-electron chi connectivity index (χ1n) is 6.92. The summed E-state index contributed by atoms with van der Waals surface area (Å²) in [7, 11) is 4.02. The molecule has 20 heavy (non-hydrogen) atoms.